The lowest BCUT2D eigenvalue weighted by molar-refractivity contribution is -0.383. The Morgan fingerprint density at radius 3 is 2.85 bits per heavy atom. The Morgan fingerprint density at radius 2 is 2.20 bits per heavy atom. The van der Waals surface area contributed by atoms with Crippen molar-refractivity contribution >= 4 is 38.9 Å². The fourth-order valence-corrected chi connectivity index (χ4v) is 1.95. The number of benzene rings is 1. The predicted molar refractivity (Wildman–Crippen MR) is 77.1 cm³/mol. The molecule has 1 aromatic carbocycles. The van der Waals surface area contributed by atoms with Crippen molar-refractivity contribution in [2.24, 2.45) is 0 Å². The van der Waals surface area contributed by atoms with E-state index in [2.05, 4.69) is 31.2 Å². The molecule has 0 radical (unpaired) electrons. The molecule has 0 aliphatic rings. The molecule has 2 aromatic rings. The topological polar surface area (TPSA) is 116 Å². The lowest BCUT2D eigenvalue weighted by atomic mass is 10.3. The number of nitrogens with two attached hydrogens (primary N) is 1. The van der Waals surface area contributed by atoms with Crippen LogP contribution in [0.3, 0.4) is 0 Å². The number of ether oxygens (including phenoxy) is 1. The van der Waals surface area contributed by atoms with E-state index in [1.165, 1.54) is 7.11 Å². The van der Waals surface area contributed by atoms with Crippen LogP contribution in [0.5, 0.6) is 5.75 Å². The van der Waals surface area contributed by atoms with Gasteiger partial charge in [-0.05, 0) is 28.1 Å². The lowest BCUT2D eigenvalue weighted by Crippen LogP contribution is -2.05. The second kappa shape index (κ2) is 5.70. The van der Waals surface area contributed by atoms with E-state index < -0.39 is 4.92 Å². The van der Waals surface area contributed by atoms with Crippen LogP contribution in [0, 0.1) is 10.1 Å². The van der Waals surface area contributed by atoms with Crippen LogP contribution >= 0.6 is 15.9 Å². The largest absolute Gasteiger partial charge is 0.495 e. The van der Waals surface area contributed by atoms with Gasteiger partial charge in [-0.3, -0.25) is 10.1 Å². The summed E-state index contributed by atoms with van der Waals surface area (Å²) in [6, 6.07) is 5.14. The van der Waals surface area contributed by atoms with Gasteiger partial charge in [-0.2, -0.15) is 0 Å². The number of halogens is 1. The third-order valence-electron chi connectivity index (χ3n) is 2.45. The van der Waals surface area contributed by atoms with Crippen molar-refractivity contribution in [3.8, 4) is 5.75 Å². The summed E-state index contributed by atoms with van der Waals surface area (Å²) in [7, 11) is 1.52. The molecule has 0 aliphatic heterocycles. The summed E-state index contributed by atoms with van der Waals surface area (Å²) in [6.07, 6.45) is 1.15. The van der Waals surface area contributed by atoms with Gasteiger partial charge in [-0.15, -0.1) is 0 Å². The maximum absolute atomic E-state index is 11.0. The highest BCUT2D eigenvalue weighted by Gasteiger charge is 2.21. The number of nitrogen functional groups attached to an aromatic ring is 1. The number of anilines is 3. The van der Waals surface area contributed by atoms with Crippen molar-refractivity contribution in [2.75, 3.05) is 18.2 Å². The van der Waals surface area contributed by atoms with Crippen molar-refractivity contribution in [1.82, 2.24) is 9.97 Å². The number of nitrogens with zero attached hydrogens (tertiary/aromatic N) is 3. The molecule has 20 heavy (non-hydrogen) atoms. The minimum atomic E-state index is -0.631. The van der Waals surface area contributed by atoms with E-state index in [1.807, 2.05) is 0 Å². The Bertz CT molecular complexity index is 665. The molecule has 0 atom stereocenters. The molecule has 0 fully saturated rings. The van der Waals surface area contributed by atoms with Crippen molar-refractivity contribution in [3.05, 3.63) is 39.1 Å². The van der Waals surface area contributed by atoms with Gasteiger partial charge in [-0.1, -0.05) is 0 Å². The zero-order chi connectivity index (χ0) is 14.7. The summed E-state index contributed by atoms with van der Waals surface area (Å²) >= 11 is 3.32. The zero-order valence-electron chi connectivity index (χ0n) is 10.3. The summed E-state index contributed by atoms with van der Waals surface area (Å²) in [5, 5.41) is 13.8. The summed E-state index contributed by atoms with van der Waals surface area (Å²) in [5.74, 6) is 0.406. The van der Waals surface area contributed by atoms with Crippen LogP contribution in [0.2, 0.25) is 0 Å². The van der Waals surface area contributed by atoms with E-state index in [1.54, 1.807) is 18.2 Å². The standard InChI is InChI=1S/C11H10BrN5O3/c1-20-8-4-6(2-3-7(8)12)16-11-9(17(18)19)10(13)14-5-15-11/h2-5H,1H3,(H3,13,14,15,16). The SMILES string of the molecule is COc1cc(Nc2ncnc(N)c2[N+](=O)[O-])ccc1Br. The number of nitrogens with one attached hydrogen (secondary N) is 1. The van der Waals surface area contributed by atoms with Crippen molar-refractivity contribution < 1.29 is 9.66 Å². The van der Waals surface area contributed by atoms with E-state index in [4.69, 9.17) is 10.5 Å². The van der Waals surface area contributed by atoms with E-state index in [0.717, 1.165) is 10.8 Å². The highest BCUT2D eigenvalue weighted by atomic mass is 79.9. The number of aromatic nitrogens is 2. The predicted octanol–water partition coefficient (Wildman–Crippen LogP) is 2.48. The van der Waals surface area contributed by atoms with Gasteiger partial charge in [0, 0.05) is 11.8 Å². The van der Waals surface area contributed by atoms with E-state index in [0.29, 0.717) is 11.4 Å². The normalized spacial score (nSPS) is 10.1. The van der Waals surface area contributed by atoms with Gasteiger partial charge in [0.05, 0.1) is 16.5 Å². The Hall–Kier alpha value is -2.42. The van der Waals surface area contributed by atoms with Crippen LogP contribution in [0.4, 0.5) is 23.0 Å². The molecule has 3 N–H and O–H groups in total. The summed E-state index contributed by atoms with van der Waals surface area (Å²) in [6.45, 7) is 0. The highest BCUT2D eigenvalue weighted by molar-refractivity contribution is 9.10. The number of hydrogen-bond donors (Lipinski definition) is 2. The van der Waals surface area contributed by atoms with Gasteiger partial charge < -0.3 is 15.8 Å². The van der Waals surface area contributed by atoms with Crippen LogP contribution in [0.15, 0.2) is 29.0 Å². The quantitative estimate of drug-likeness (QED) is 0.649. The molecule has 1 aromatic heterocycles. The van der Waals surface area contributed by atoms with Gasteiger partial charge in [0.15, 0.2) is 0 Å². The molecule has 2 rings (SSSR count). The third kappa shape index (κ3) is 2.77. The summed E-state index contributed by atoms with van der Waals surface area (Å²) in [5.41, 5.74) is 5.70. The molecule has 0 saturated heterocycles. The fraction of sp³-hybridized carbons (Fsp3) is 0.0909. The number of rotatable bonds is 4. The van der Waals surface area contributed by atoms with E-state index in [-0.39, 0.29) is 17.3 Å². The number of nitro groups is 1. The summed E-state index contributed by atoms with van der Waals surface area (Å²) < 4.78 is 5.91. The van der Waals surface area contributed by atoms with Crippen molar-refractivity contribution in [3.63, 3.8) is 0 Å². The van der Waals surface area contributed by atoms with Crippen LogP contribution in [0.25, 0.3) is 0 Å². The average Bonchev–Trinajstić information content (AvgIpc) is 2.40. The van der Waals surface area contributed by atoms with Gasteiger partial charge in [0.25, 0.3) is 0 Å². The molecule has 0 amide bonds. The van der Waals surface area contributed by atoms with Gasteiger partial charge >= 0.3 is 5.69 Å². The Labute approximate surface area is 122 Å². The molecule has 0 unspecified atom stereocenters. The Kier molecular flexibility index (Phi) is 3.99. The average molecular weight is 340 g/mol. The molecule has 1 heterocycles. The summed E-state index contributed by atoms with van der Waals surface area (Å²) in [4.78, 5) is 17.8. The first kappa shape index (κ1) is 14.0. The third-order valence-corrected chi connectivity index (χ3v) is 3.10. The first-order valence-corrected chi connectivity index (χ1v) is 6.17. The first-order valence-electron chi connectivity index (χ1n) is 5.38. The van der Waals surface area contributed by atoms with Gasteiger partial charge in [0.1, 0.15) is 12.1 Å². The maximum atomic E-state index is 11.0. The maximum Gasteiger partial charge on any atom is 0.353 e. The second-order valence-electron chi connectivity index (χ2n) is 3.69. The molecule has 104 valence electrons. The van der Waals surface area contributed by atoms with Crippen molar-refractivity contribution in [1.29, 1.82) is 0 Å². The van der Waals surface area contributed by atoms with Crippen LogP contribution in [0.1, 0.15) is 0 Å². The molecular weight excluding hydrogens is 330 g/mol. The number of hydrogen-bond acceptors (Lipinski definition) is 7. The van der Waals surface area contributed by atoms with Crippen LogP contribution in [-0.2, 0) is 0 Å². The molecule has 0 spiro atoms. The molecule has 8 nitrogen and oxygen atoms in total. The Morgan fingerprint density at radius 1 is 1.45 bits per heavy atom. The highest BCUT2D eigenvalue weighted by Crippen LogP contribution is 2.32. The minimum Gasteiger partial charge on any atom is -0.495 e. The molecule has 9 heteroatoms. The van der Waals surface area contributed by atoms with Gasteiger partial charge in [0.2, 0.25) is 11.6 Å². The minimum absolute atomic E-state index is 0.0203. The van der Waals surface area contributed by atoms with E-state index >= 15 is 0 Å². The molecule has 0 bridgehead atoms. The molecule has 0 aliphatic carbocycles. The lowest BCUT2D eigenvalue weighted by Gasteiger charge is -2.09. The van der Waals surface area contributed by atoms with E-state index in [9.17, 15) is 10.1 Å². The van der Waals surface area contributed by atoms with Crippen LogP contribution in [-0.4, -0.2) is 22.0 Å². The second-order valence-corrected chi connectivity index (χ2v) is 4.54. The molecule has 0 saturated carbocycles. The first-order chi connectivity index (χ1) is 9.52. The van der Waals surface area contributed by atoms with Crippen molar-refractivity contribution in [2.45, 2.75) is 0 Å². The Balaban J connectivity index is 2.40. The van der Waals surface area contributed by atoms with Gasteiger partial charge in [-0.25, -0.2) is 9.97 Å². The fourth-order valence-electron chi connectivity index (χ4n) is 1.54. The van der Waals surface area contributed by atoms with Crippen LogP contribution < -0.4 is 15.8 Å². The number of methoxy groups -OCH3 is 1. The smallest absolute Gasteiger partial charge is 0.353 e. The zero-order valence-corrected chi connectivity index (χ0v) is 11.9. The molecular formula is C11H10BrN5O3. The monoisotopic (exact) mass is 339 g/mol.